The van der Waals surface area contributed by atoms with E-state index in [9.17, 15) is 0 Å². The summed E-state index contributed by atoms with van der Waals surface area (Å²) in [7, 11) is 0. The van der Waals surface area contributed by atoms with Gasteiger partial charge in [0.05, 0.1) is 11.0 Å². The highest BCUT2D eigenvalue weighted by molar-refractivity contribution is 6.27. The Morgan fingerprint density at radius 2 is 0.732 bits per heavy atom. The van der Waals surface area contributed by atoms with Crippen LogP contribution in [0.25, 0.3) is 149 Å². The van der Waals surface area contributed by atoms with Crippen LogP contribution in [0.5, 0.6) is 0 Å². The summed E-state index contributed by atoms with van der Waals surface area (Å²) < 4.78 is 2.43. The number of aromatic nitrogens is 4. The van der Waals surface area contributed by atoms with Gasteiger partial charge in [-0.3, -0.25) is 0 Å². The summed E-state index contributed by atoms with van der Waals surface area (Å²) in [6, 6.07) is 87.9. The Kier molecular flexibility index (Phi) is 8.62. The normalized spacial score (nSPS) is 11.9. The van der Waals surface area contributed by atoms with Crippen molar-refractivity contribution >= 4 is 86.4 Å². The summed E-state index contributed by atoms with van der Waals surface area (Å²) >= 11 is 0. The zero-order chi connectivity index (χ0) is 46.6. The van der Waals surface area contributed by atoms with Crippen molar-refractivity contribution in [1.29, 1.82) is 0 Å². The van der Waals surface area contributed by atoms with Gasteiger partial charge in [-0.05, 0) is 129 Å². The molecule has 0 radical (unpaired) electrons. The van der Waals surface area contributed by atoms with E-state index in [2.05, 4.69) is 229 Å². The predicted molar refractivity (Wildman–Crippen MR) is 298 cm³/mol. The molecule has 4 nitrogen and oxygen atoms in total. The van der Waals surface area contributed by atoms with Crippen LogP contribution in [0.3, 0.4) is 0 Å². The number of para-hydroxylation sites is 1. The van der Waals surface area contributed by atoms with Crippen molar-refractivity contribution in [3.63, 3.8) is 0 Å². The lowest BCUT2D eigenvalue weighted by Gasteiger charge is -2.16. The minimum absolute atomic E-state index is 0.602. The molecular formula is C67H40N4. The molecule has 0 bridgehead atoms. The molecule has 0 amide bonds. The Balaban J connectivity index is 1.02. The highest BCUT2D eigenvalue weighted by Gasteiger charge is 2.21. The highest BCUT2D eigenvalue weighted by atomic mass is 15.0. The molecule has 0 spiro atoms. The number of hydrogen-bond acceptors (Lipinski definition) is 3. The molecule has 71 heavy (non-hydrogen) atoms. The summed E-state index contributed by atoms with van der Waals surface area (Å²) in [5, 5.41) is 17.1. The van der Waals surface area contributed by atoms with Crippen LogP contribution in [-0.4, -0.2) is 19.5 Å². The van der Waals surface area contributed by atoms with E-state index in [0.29, 0.717) is 17.5 Å². The second kappa shape index (κ2) is 15.5. The van der Waals surface area contributed by atoms with E-state index in [1.807, 2.05) is 18.2 Å². The van der Waals surface area contributed by atoms with E-state index in [1.54, 1.807) is 0 Å². The van der Waals surface area contributed by atoms with Gasteiger partial charge in [-0.15, -0.1) is 0 Å². The lowest BCUT2D eigenvalue weighted by molar-refractivity contribution is 1.07. The van der Waals surface area contributed by atoms with Crippen LogP contribution in [0.2, 0.25) is 0 Å². The zero-order valence-corrected chi connectivity index (χ0v) is 38.4. The number of hydrogen-bond donors (Lipinski definition) is 0. The Labute approximate surface area is 408 Å². The maximum atomic E-state index is 5.51. The minimum Gasteiger partial charge on any atom is -0.309 e. The SMILES string of the molecule is c1ccc(-c2ccc3c4ccccc4n(-c4cc(-c5ccc6c7ccccc7c7ccccc7c6c5)cc(-c5nc(-c6ccccc6)nc(-c6ccc7ccc8cccc9ccc6c7c89)n5)c4)c3c2)cc1. The van der Waals surface area contributed by atoms with Gasteiger partial charge in [0.1, 0.15) is 0 Å². The molecule has 0 aliphatic carbocycles. The van der Waals surface area contributed by atoms with E-state index in [1.165, 1.54) is 75.6 Å². The summed E-state index contributed by atoms with van der Waals surface area (Å²) in [4.78, 5) is 16.2. The van der Waals surface area contributed by atoms with Crippen LogP contribution in [-0.2, 0) is 0 Å². The van der Waals surface area contributed by atoms with Crippen LogP contribution in [0.15, 0.2) is 243 Å². The van der Waals surface area contributed by atoms with Crippen molar-refractivity contribution in [3.05, 3.63) is 243 Å². The number of benzene rings is 13. The average Bonchev–Trinajstić information content (AvgIpc) is 3.78. The maximum absolute atomic E-state index is 5.51. The third-order valence-electron chi connectivity index (χ3n) is 14.7. The van der Waals surface area contributed by atoms with Crippen molar-refractivity contribution in [3.8, 4) is 62.1 Å². The first-order chi connectivity index (χ1) is 35.2. The van der Waals surface area contributed by atoms with Gasteiger partial charge in [-0.25, -0.2) is 15.0 Å². The summed E-state index contributed by atoms with van der Waals surface area (Å²) in [6.45, 7) is 0. The third kappa shape index (κ3) is 6.21. The van der Waals surface area contributed by atoms with Crippen LogP contribution >= 0.6 is 0 Å². The fourth-order valence-electron chi connectivity index (χ4n) is 11.5. The molecular weight excluding hydrogens is 861 g/mol. The molecule has 0 aliphatic heterocycles. The van der Waals surface area contributed by atoms with E-state index < -0.39 is 0 Å². The minimum atomic E-state index is 0.602. The monoisotopic (exact) mass is 900 g/mol. The fourth-order valence-corrected chi connectivity index (χ4v) is 11.5. The van der Waals surface area contributed by atoms with Crippen molar-refractivity contribution in [2.24, 2.45) is 0 Å². The van der Waals surface area contributed by atoms with Crippen molar-refractivity contribution in [2.45, 2.75) is 0 Å². The topological polar surface area (TPSA) is 43.6 Å². The molecule has 0 unspecified atom stereocenters. The zero-order valence-electron chi connectivity index (χ0n) is 38.4. The molecule has 4 heteroatoms. The predicted octanol–water partition coefficient (Wildman–Crippen LogP) is 17.7. The van der Waals surface area contributed by atoms with Gasteiger partial charge in [0.2, 0.25) is 0 Å². The molecule has 0 saturated carbocycles. The number of fused-ring (bicyclic) bond motifs is 9. The Morgan fingerprint density at radius 3 is 1.45 bits per heavy atom. The molecule has 0 N–H and O–H groups in total. The molecule has 2 aromatic heterocycles. The van der Waals surface area contributed by atoms with Gasteiger partial charge in [-0.1, -0.05) is 200 Å². The molecule has 0 fully saturated rings. The van der Waals surface area contributed by atoms with E-state index >= 15 is 0 Å². The molecule has 13 aromatic carbocycles. The van der Waals surface area contributed by atoms with Crippen molar-refractivity contribution in [2.75, 3.05) is 0 Å². The highest BCUT2D eigenvalue weighted by Crippen LogP contribution is 2.43. The molecule has 15 rings (SSSR count). The van der Waals surface area contributed by atoms with Crippen LogP contribution in [0.4, 0.5) is 0 Å². The second-order valence-corrected chi connectivity index (χ2v) is 18.7. The lowest BCUT2D eigenvalue weighted by Crippen LogP contribution is -2.02. The second-order valence-electron chi connectivity index (χ2n) is 18.7. The van der Waals surface area contributed by atoms with E-state index in [0.717, 1.165) is 55.5 Å². The van der Waals surface area contributed by atoms with Gasteiger partial charge in [0, 0.05) is 33.2 Å². The first-order valence-electron chi connectivity index (χ1n) is 24.3. The third-order valence-corrected chi connectivity index (χ3v) is 14.7. The van der Waals surface area contributed by atoms with Gasteiger partial charge < -0.3 is 4.57 Å². The van der Waals surface area contributed by atoms with Gasteiger partial charge in [0.15, 0.2) is 17.5 Å². The summed E-state index contributed by atoms with van der Waals surface area (Å²) in [6.07, 6.45) is 0. The summed E-state index contributed by atoms with van der Waals surface area (Å²) in [5.74, 6) is 1.86. The Bertz CT molecular complexity index is 4580. The first-order valence-corrected chi connectivity index (χ1v) is 24.3. The molecule has 0 aliphatic rings. The smallest absolute Gasteiger partial charge is 0.164 e. The first kappa shape index (κ1) is 39.5. The van der Waals surface area contributed by atoms with Gasteiger partial charge in [-0.2, -0.15) is 0 Å². The fraction of sp³-hybridized carbons (Fsp3) is 0. The number of rotatable bonds is 6. The van der Waals surface area contributed by atoms with Gasteiger partial charge in [0.25, 0.3) is 0 Å². The van der Waals surface area contributed by atoms with Crippen LogP contribution < -0.4 is 0 Å². The van der Waals surface area contributed by atoms with Crippen molar-refractivity contribution < 1.29 is 0 Å². The molecule has 15 aromatic rings. The molecule has 0 atom stereocenters. The van der Waals surface area contributed by atoms with Gasteiger partial charge >= 0.3 is 0 Å². The lowest BCUT2D eigenvalue weighted by atomic mass is 9.91. The van der Waals surface area contributed by atoms with Crippen LogP contribution in [0.1, 0.15) is 0 Å². The summed E-state index contributed by atoms with van der Waals surface area (Å²) in [5.41, 5.74) is 10.6. The molecule has 328 valence electrons. The van der Waals surface area contributed by atoms with E-state index in [4.69, 9.17) is 15.0 Å². The van der Waals surface area contributed by atoms with Crippen molar-refractivity contribution in [1.82, 2.24) is 19.5 Å². The average molecular weight is 901 g/mol. The largest absolute Gasteiger partial charge is 0.309 e. The Morgan fingerprint density at radius 1 is 0.239 bits per heavy atom. The maximum Gasteiger partial charge on any atom is 0.164 e. The van der Waals surface area contributed by atoms with E-state index in [-0.39, 0.29) is 0 Å². The molecule has 2 heterocycles. The van der Waals surface area contributed by atoms with Crippen LogP contribution in [0, 0.1) is 0 Å². The Hall–Kier alpha value is -9.51. The number of nitrogens with zero attached hydrogens (tertiary/aromatic N) is 4. The quantitative estimate of drug-likeness (QED) is 0.156. The standard InChI is InChI=1S/C67H40N4/c1-3-14-41(15-4-1)47-31-33-57-56-24-11-12-25-61(56)71(62(57)40-47)50-37-48(46-30-32-55-53-22-8-7-20-51(53)52-21-9-10-23-54(52)60(55)39-46)36-49(38-50)66-68-65(45-16-5-2-6-17-45)69-67(70-66)59-35-29-44-27-26-42-18-13-19-43-28-34-58(59)64(44)63(42)43/h1-40H. The molecule has 0 saturated heterocycles.